The molecule has 2 aromatic rings. The lowest BCUT2D eigenvalue weighted by atomic mass is 10.1. The molecule has 2 N–H and O–H groups in total. The molecule has 1 aromatic carbocycles. The molecule has 5 nitrogen and oxygen atoms in total. The number of hydrogen-bond donors (Lipinski definition) is 2. The lowest BCUT2D eigenvalue weighted by molar-refractivity contribution is 0.0947. The third-order valence-corrected chi connectivity index (χ3v) is 3.86. The Kier molecular flexibility index (Phi) is 6.73. The van der Waals surface area contributed by atoms with Gasteiger partial charge in [-0.15, -0.1) is 0 Å². The van der Waals surface area contributed by atoms with Crippen molar-refractivity contribution in [3.05, 3.63) is 53.0 Å². The standard InChI is InChI=1S/C19H26N4O/c1-4-5-8-11-20-19(24)17-12-18(23-15(3)22-17)21-13-16-10-7-6-9-14(16)2/h6-7,9-10,12H,4-5,8,11,13H2,1-3H3,(H,20,24)(H,21,22,23). The van der Waals surface area contributed by atoms with Crippen molar-refractivity contribution < 1.29 is 4.79 Å². The molecule has 0 radical (unpaired) electrons. The molecule has 0 saturated carbocycles. The van der Waals surface area contributed by atoms with Gasteiger partial charge in [-0.3, -0.25) is 4.79 Å². The molecule has 2 rings (SSSR count). The SMILES string of the molecule is CCCCCNC(=O)c1cc(NCc2ccccc2C)nc(C)n1. The average Bonchev–Trinajstić information content (AvgIpc) is 2.57. The summed E-state index contributed by atoms with van der Waals surface area (Å²) in [6, 6.07) is 9.91. The van der Waals surface area contributed by atoms with E-state index in [2.05, 4.69) is 46.6 Å². The van der Waals surface area contributed by atoms with Crippen LogP contribution in [0.25, 0.3) is 0 Å². The highest BCUT2D eigenvalue weighted by atomic mass is 16.1. The van der Waals surface area contributed by atoms with Crippen LogP contribution in [0.1, 0.15) is 53.6 Å². The molecule has 0 fully saturated rings. The maximum Gasteiger partial charge on any atom is 0.270 e. The van der Waals surface area contributed by atoms with E-state index in [1.807, 2.05) is 12.1 Å². The molecule has 5 heteroatoms. The van der Waals surface area contributed by atoms with Crippen LogP contribution in [0.3, 0.4) is 0 Å². The van der Waals surface area contributed by atoms with Gasteiger partial charge < -0.3 is 10.6 Å². The van der Waals surface area contributed by atoms with Crippen molar-refractivity contribution in [2.45, 2.75) is 46.6 Å². The number of amides is 1. The molecular formula is C19H26N4O. The maximum atomic E-state index is 12.2. The molecule has 128 valence electrons. The summed E-state index contributed by atoms with van der Waals surface area (Å²) >= 11 is 0. The van der Waals surface area contributed by atoms with E-state index in [4.69, 9.17) is 0 Å². The van der Waals surface area contributed by atoms with E-state index in [0.717, 1.165) is 19.3 Å². The molecule has 0 spiro atoms. The second kappa shape index (κ2) is 9.01. The van der Waals surface area contributed by atoms with E-state index in [1.54, 1.807) is 13.0 Å². The first-order chi connectivity index (χ1) is 11.6. The van der Waals surface area contributed by atoms with E-state index in [-0.39, 0.29) is 5.91 Å². The van der Waals surface area contributed by atoms with Crippen LogP contribution in [-0.4, -0.2) is 22.4 Å². The number of benzene rings is 1. The van der Waals surface area contributed by atoms with Gasteiger partial charge in [0, 0.05) is 19.2 Å². The number of anilines is 1. The van der Waals surface area contributed by atoms with Crippen LogP contribution in [-0.2, 0) is 6.54 Å². The molecule has 1 amide bonds. The average molecular weight is 326 g/mol. The van der Waals surface area contributed by atoms with E-state index in [0.29, 0.717) is 30.4 Å². The fourth-order valence-corrected chi connectivity index (χ4v) is 2.44. The van der Waals surface area contributed by atoms with Crippen LogP contribution in [0.5, 0.6) is 0 Å². The number of unbranched alkanes of at least 4 members (excludes halogenated alkanes) is 2. The first-order valence-corrected chi connectivity index (χ1v) is 8.52. The van der Waals surface area contributed by atoms with Crippen molar-refractivity contribution in [3.8, 4) is 0 Å². The summed E-state index contributed by atoms with van der Waals surface area (Å²) < 4.78 is 0. The zero-order valence-electron chi connectivity index (χ0n) is 14.7. The monoisotopic (exact) mass is 326 g/mol. The van der Waals surface area contributed by atoms with E-state index in [1.165, 1.54) is 11.1 Å². The Hall–Kier alpha value is -2.43. The fourth-order valence-electron chi connectivity index (χ4n) is 2.44. The van der Waals surface area contributed by atoms with Crippen LogP contribution in [0.4, 0.5) is 5.82 Å². The summed E-state index contributed by atoms with van der Waals surface area (Å²) in [6.45, 7) is 7.37. The lowest BCUT2D eigenvalue weighted by Gasteiger charge is -2.10. The highest BCUT2D eigenvalue weighted by molar-refractivity contribution is 5.92. The summed E-state index contributed by atoms with van der Waals surface area (Å²) in [5.74, 6) is 1.11. The predicted octanol–water partition coefficient (Wildman–Crippen LogP) is 3.63. The number of aryl methyl sites for hydroxylation is 2. The Morgan fingerprint density at radius 3 is 2.67 bits per heavy atom. The van der Waals surface area contributed by atoms with E-state index >= 15 is 0 Å². The van der Waals surface area contributed by atoms with Crippen LogP contribution in [0.15, 0.2) is 30.3 Å². The molecule has 0 saturated heterocycles. The van der Waals surface area contributed by atoms with Gasteiger partial charge in [-0.2, -0.15) is 0 Å². The Morgan fingerprint density at radius 1 is 1.12 bits per heavy atom. The number of aromatic nitrogens is 2. The van der Waals surface area contributed by atoms with Gasteiger partial charge in [-0.1, -0.05) is 44.0 Å². The van der Waals surface area contributed by atoms with Gasteiger partial charge in [0.25, 0.3) is 5.91 Å². The minimum Gasteiger partial charge on any atom is -0.366 e. The van der Waals surface area contributed by atoms with Gasteiger partial charge in [0.15, 0.2) is 0 Å². The Morgan fingerprint density at radius 2 is 1.92 bits per heavy atom. The summed E-state index contributed by atoms with van der Waals surface area (Å²) in [7, 11) is 0. The predicted molar refractivity (Wildman–Crippen MR) is 97.1 cm³/mol. The van der Waals surface area contributed by atoms with Gasteiger partial charge in [0.2, 0.25) is 0 Å². The van der Waals surface area contributed by atoms with Crippen molar-refractivity contribution in [1.82, 2.24) is 15.3 Å². The summed E-state index contributed by atoms with van der Waals surface area (Å²) in [4.78, 5) is 20.8. The second-order valence-electron chi connectivity index (χ2n) is 5.93. The van der Waals surface area contributed by atoms with Gasteiger partial charge in [0.1, 0.15) is 17.3 Å². The van der Waals surface area contributed by atoms with Gasteiger partial charge >= 0.3 is 0 Å². The largest absolute Gasteiger partial charge is 0.366 e. The van der Waals surface area contributed by atoms with Crippen LogP contribution < -0.4 is 10.6 Å². The maximum absolute atomic E-state index is 12.2. The second-order valence-corrected chi connectivity index (χ2v) is 5.93. The quantitative estimate of drug-likeness (QED) is 0.727. The lowest BCUT2D eigenvalue weighted by Crippen LogP contribution is -2.26. The summed E-state index contributed by atoms with van der Waals surface area (Å²) in [5.41, 5.74) is 2.84. The molecule has 0 aliphatic heterocycles. The molecule has 24 heavy (non-hydrogen) atoms. The van der Waals surface area contributed by atoms with Crippen LogP contribution in [0, 0.1) is 13.8 Å². The van der Waals surface area contributed by atoms with Crippen molar-refractivity contribution in [2.75, 3.05) is 11.9 Å². The fraction of sp³-hybridized carbons (Fsp3) is 0.421. The third-order valence-electron chi connectivity index (χ3n) is 3.86. The number of carbonyl (C=O) groups is 1. The number of nitrogens with zero attached hydrogens (tertiary/aromatic N) is 2. The van der Waals surface area contributed by atoms with Gasteiger partial charge in [0.05, 0.1) is 0 Å². The molecule has 0 aliphatic rings. The molecule has 0 bridgehead atoms. The molecule has 0 atom stereocenters. The molecule has 0 aliphatic carbocycles. The Balaban J connectivity index is 2.00. The van der Waals surface area contributed by atoms with Crippen molar-refractivity contribution in [1.29, 1.82) is 0 Å². The normalized spacial score (nSPS) is 10.5. The van der Waals surface area contributed by atoms with Crippen molar-refractivity contribution in [3.63, 3.8) is 0 Å². The zero-order valence-corrected chi connectivity index (χ0v) is 14.7. The first kappa shape index (κ1) is 17.9. The van der Waals surface area contributed by atoms with E-state index in [9.17, 15) is 4.79 Å². The third kappa shape index (κ3) is 5.33. The zero-order chi connectivity index (χ0) is 17.4. The number of rotatable bonds is 8. The van der Waals surface area contributed by atoms with Gasteiger partial charge in [-0.25, -0.2) is 9.97 Å². The molecular weight excluding hydrogens is 300 g/mol. The summed E-state index contributed by atoms with van der Waals surface area (Å²) in [5, 5.41) is 6.20. The summed E-state index contributed by atoms with van der Waals surface area (Å²) in [6.07, 6.45) is 3.24. The van der Waals surface area contributed by atoms with Crippen LogP contribution >= 0.6 is 0 Å². The first-order valence-electron chi connectivity index (χ1n) is 8.52. The number of carbonyl (C=O) groups excluding carboxylic acids is 1. The van der Waals surface area contributed by atoms with E-state index < -0.39 is 0 Å². The molecule has 1 aromatic heterocycles. The topological polar surface area (TPSA) is 66.9 Å². The molecule has 1 heterocycles. The number of hydrogen-bond acceptors (Lipinski definition) is 4. The van der Waals surface area contributed by atoms with Crippen molar-refractivity contribution >= 4 is 11.7 Å². The Labute approximate surface area is 143 Å². The minimum absolute atomic E-state index is 0.143. The van der Waals surface area contributed by atoms with Gasteiger partial charge in [-0.05, 0) is 31.4 Å². The smallest absolute Gasteiger partial charge is 0.270 e. The molecule has 0 unspecified atom stereocenters. The van der Waals surface area contributed by atoms with Crippen molar-refractivity contribution in [2.24, 2.45) is 0 Å². The Bertz CT molecular complexity index is 685. The number of nitrogens with one attached hydrogen (secondary N) is 2. The van der Waals surface area contributed by atoms with Crippen LogP contribution in [0.2, 0.25) is 0 Å². The highest BCUT2D eigenvalue weighted by Crippen LogP contribution is 2.12. The minimum atomic E-state index is -0.143. The highest BCUT2D eigenvalue weighted by Gasteiger charge is 2.10.